The van der Waals surface area contributed by atoms with Crippen molar-refractivity contribution in [3.63, 3.8) is 0 Å². The fraction of sp³-hybridized carbons (Fsp3) is 0.571. The zero-order valence-electron chi connectivity index (χ0n) is 11.6. The Morgan fingerprint density at radius 1 is 1.21 bits per heavy atom. The first-order valence-corrected chi connectivity index (χ1v) is 6.38. The number of benzene rings is 1. The van der Waals surface area contributed by atoms with Gasteiger partial charge in [-0.2, -0.15) is 13.2 Å². The lowest BCUT2D eigenvalue weighted by Crippen LogP contribution is -2.33. The topological polar surface area (TPSA) is 15.3 Å². The summed E-state index contributed by atoms with van der Waals surface area (Å²) in [6.07, 6.45) is -4.28. The maximum atomic E-state index is 12.8. The summed E-state index contributed by atoms with van der Waals surface area (Å²) in [4.78, 5) is 2.14. The Morgan fingerprint density at radius 2 is 1.84 bits per heavy atom. The Hall–Kier alpha value is -1.07. The monoisotopic (exact) mass is 274 g/mol. The molecule has 0 aromatic heterocycles. The van der Waals surface area contributed by atoms with Crippen LogP contribution in [0.5, 0.6) is 0 Å². The molecule has 108 valence electrons. The molecule has 1 rings (SSSR count). The first-order chi connectivity index (χ1) is 8.82. The minimum Gasteiger partial charge on any atom is -0.311 e. The highest BCUT2D eigenvalue weighted by Crippen LogP contribution is 2.31. The van der Waals surface area contributed by atoms with E-state index in [0.29, 0.717) is 18.2 Å². The van der Waals surface area contributed by atoms with Crippen LogP contribution in [-0.4, -0.2) is 31.1 Å². The molecule has 0 saturated heterocycles. The lowest BCUT2D eigenvalue weighted by molar-refractivity contribution is -0.138. The predicted octanol–water partition coefficient (Wildman–Crippen LogP) is 3.14. The van der Waals surface area contributed by atoms with Gasteiger partial charge in [0.15, 0.2) is 0 Å². The number of likely N-dealkylation sites (N-methyl/N-ethyl adjacent to an activating group) is 1. The molecule has 0 radical (unpaired) electrons. The summed E-state index contributed by atoms with van der Waals surface area (Å²) in [7, 11) is 2.00. The maximum absolute atomic E-state index is 12.8. The number of alkyl halides is 3. The van der Waals surface area contributed by atoms with E-state index < -0.39 is 11.7 Å². The Labute approximate surface area is 112 Å². The fourth-order valence-electron chi connectivity index (χ4n) is 1.69. The van der Waals surface area contributed by atoms with Gasteiger partial charge in [-0.15, -0.1) is 0 Å². The van der Waals surface area contributed by atoms with Gasteiger partial charge in [0.1, 0.15) is 0 Å². The van der Waals surface area contributed by atoms with E-state index in [-0.39, 0.29) is 6.54 Å². The molecule has 1 N–H and O–H groups in total. The molecule has 0 aliphatic carbocycles. The molecular formula is C14H21F3N2. The van der Waals surface area contributed by atoms with Crippen LogP contribution in [0, 0.1) is 0 Å². The van der Waals surface area contributed by atoms with Gasteiger partial charge in [-0.05, 0) is 32.5 Å². The summed E-state index contributed by atoms with van der Waals surface area (Å²) in [6, 6.07) is 6.12. The summed E-state index contributed by atoms with van der Waals surface area (Å²) >= 11 is 0. The van der Waals surface area contributed by atoms with Crippen LogP contribution in [0.2, 0.25) is 0 Å². The van der Waals surface area contributed by atoms with E-state index in [1.54, 1.807) is 6.07 Å². The van der Waals surface area contributed by atoms with E-state index in [1.165, 1.54) is 12.1 Å². The van der Waals surface area contributed by atoms with Crippen LogP contribution in [0.3, 0.4) is 0 Å². The summed E-state index contributed by atoms with van der Waals surface area (Å²) in [6.45, 7) is 5.88. The second-order valence-electron chi connectivity index (χ2n) is 4.91. The molecule has 0 bridgehead atoms. The third kappa shape index (κ3) is 5.20. The molecule has 0 amide bonds. The Bertz CT molecular complexity index is 389. The SMILES string of the molecule is CC(C)N(C)CCNCc1ccccc1C(F)(F)F. The van der Waals surface area contributed by atoms with Crippen molar-refractivity contribution in [3.8, 4) is 0 Å². The Balaban J connectivity index is 2.50. The summed E-state index contributed by atoms with van der Waals surface area (Å²) in [5, 5.41) is 3.06. The average molecular weight is 274 g/mol. The van der Waals surface area contributed by atoms with Gasteiger partial charge >= 0.3 is 6.18 Å². The Kier molecular flexibility index (Phi) is 5.82. The zero-order chi connectivity index (χ0) is 14.5. The van der Waals surface area contributed by atoms with E-state index in [9.17, 15) is 13.2 Å². The average Bonchev–Trinajstić information content (AvgIpc) is 2.33. The number of hydrogen-bond acceptors (Lipinski definition) is 2. The minimum absolute atomic E-state index is 0.238. The van der Waals surface area contributed by atoms with Gasteiger partial charge in [0.2, 0.25) is 0 Å². The van der Waals surface area contributed by atoms with E-state index in [2.05, 4.69) is 24.1 Å². The third-order valence-electron chi connectivity index (χ3n) is 3.16. The van der Waals surface area contributed by atoms with E-state index in [0.717, 1.165) is 12.6 Å². The van der Waals surface area contributed by atoms with Crippen LogP contribution >= 0.6 is 0 Å². The number of hydrogen-bond donors (Lipinski definition) is 1. The van der Waals surface area contributed by atoms with Gasteiger partial charge < -0.3 is 10.2 Å². The highest BCUT2D eigenvalue weighted by molar-refractivity contribution is 5.29. The van der Waals surface area contributed by atoms with Crippen LogP contribution in [0.1, 0.15) is 25.0 Å². The van der Waals surface area contributed by atoms with Crippen molar-refractivity contribution in [2.45, 2.75) is 32.6 Å². The van der Waals surface area contributed by atoms with Crippen LogP contribution in [-0.2, 0) is 12.7 Å². The molecule has 2 nitrogen and oxygen atoms in total. The van der Waals surface area contributed by atoms with E-state index in [4.69, 9.17) is 0 Å². The van der Waals surface area contributed by atoms with Crippen molar-refractivity contribution in [2.75, 3.05) is 20.1 Å². The number of halogens is 3. The summed E-state index contributed by atoms with van der Waals surface area (Å²) in [5.41, 5.74) is -0.262. The number of rotatable bonds is 6. The highest BCUT2D eigenvalue weighted by Gasteiger charge is 2.32. The molecule has 0 aliphatic rings. The van der Waals surface area contributed by atoms with Crippen LogP contribution < -0.4 is 5.32 Å². The largest absolute Gasteiger partial charge is 0.416 e. The smallest absolute Gasteiger partial charge is 0.311 e. The van der Waals surface area contributed by atoms with Crippen LogP contribution in [0.15, 0.2) is 24.3 Å². The minimum atomic E-state index is -4.28. The van der Waals surface area contributed by atoms with Crippen molar-refractivity contribution in [1.29, 1.82) is 0 Å². The van der Waals surface area contributed by atoms with Gasteiger partial charge in [-0.3, -0.25) is 0 Å². The molecule has 0 fully saturated rings. The van der Waals surface area contributed by atoms with Crippen LogP contribution in [0.4, 0.5) is 13.2 Å². The summed E-state index contributed by atoms with van der Waals surface area (Å²) in [5.74, 6) is 0. The van der Waals surface area contributed by atoms with Gasteiger partial charge in [-0.25, -0.2) is 0 Å². The highest BCUT2D eigenvalue weighted by atomic mass is 19.4. The number of nitrogens with one attached hydrogen (secondary N) is 1. The van der Waals surface area contributed by atoms with Crippen molar-refractivity contribution in [3.05, 3.63) is 35.4 Å². The molecule has 0 heterocycles. The van der Waals surface area contributed by atoms with Crippen molar-refractivity contribution in [2.24, 2.45) is 0 Å². The van der Waals surface area contributed by atoms with Gasteiger partial charge in [-0.1, -0.05) is 18.2 Å². The third-order valence-corrected chi connectivity index (χ3v) is 3.16. The van der Waals surface area contributed by atoms with Gasteiger partial charge in [0.05, 0.1) is 5.56 Å². The normalized spacial score (nSPS) is 12.4. The zero-order valence-corrected chi connectivity index (χ0v) is 11.6. The lowest BCUT2D eigenvalue weighted by atomic mass is 10.1. The second-order valence-corrected chi connectivity index (χ2v) is 4.91. The van der Waals surface area contributed by atoms with Crippen LogP contribution in [0.25, 0.3) is 0 Å². The molecule has 19 heavy (non-hydrogen) atoms. The molecule has 1 aromatic carbocycles. The first kappa shape index (κ1) is 16.0. The molecule has 0 unspecified atom stereocenters. The van der Waals surface area contributed by atoms with Gasteiger partial charge in [0.25, 0.3) is 0 Å². The van der Waals surface area contributed by atoms with Crippen molar-refractivity contribution in [1.82, 2.24) is 10.2 Å². The first-order valence-electron chi connectivity index (χ1n) is 6.38. The lowest BCUT2D eigenvalue weighted by Gasteiger charge is -2.21. The number of nitrogens with zero attached hydrogens (tertiary/aromatic N) is 1. The molecule has 0 atom stereocenters. The fourth-order valence-corrected chi connectivity index (χ4v) is 1.69. The predicted molar refractivity (Wildman–Crippen MR) is 70.9 cm³/mol. The van der Waals surface area contributed by atoms with Crippen molar-refractivity contribution >= 4 is 0 Å². The quantitative estimate of drug-likeness (QED) is 0.802. The van der Waals surface area contributed by atoms with Gasteiger partial charge in [0, 0.05) is 25.7 Å². The summed E-state index contributed by atoms with van der Waals surface area (Å²) < 4.78 is 38.3. The maximum Gasteiger partial charge on any atom is 0.416 e. The van der Waals surface area contributed by atoms with E-state index in [1.807, 2.05) is 7.05 Å². The second kappa shape index (κ2) is 6.91. The standard InChI is InChI=1S/C14H21F3N2/c1-11(2)19(3)9-8-18-10-12-6-4-5-7-13(12)14(15,16)17/h4-7,11,18H,8-10H2,1-3H3. The Morgan fingerprint density at radius 3 is 2.42 bits per heavy atom. The molecule has 0 saturated carbocycles. The molecule has 1 aromatic rings. The van der Waals surface area contributed by atoms with E-state index >= 15 is 0 Å². The molecule has 5 heteroatoms. The molecular weight excluding hydrogens is 253 g/mol. The molecule has 0 spiro atoms. The molecule has 0 aliphatic heterocycles. The van der Waals surface area contributed by atoms with Crippen molar-refractivity contribution < 1.29 is 13.2 Å².